The molecule has 1 heterocycles. The number of fused-ring (bicyclic) bond motifs is 1. The minimum Gasteiger partial charge on any atom is -0.353 e. The van der Waals surface area contributed by atoms with Crippen LogP contribution in [0.15, 0.2) is 24.3 Å². The second kappa shape index (κ2) is 5.11. The van der Waals surface area contributed by atoms with E-state index in [9.17, 15) is 4.79 Å². The van der Waals surface area contributed by atoms with Crippen molar-refractivity contribution in [3.63, 3.8) is 0 Å². The monoisotopic (exact) mass is 244 g/mol. The number of hydrogen-bond acceptors (Lipinski definition) is 2. The molecule has 1 unspecified atom stereocenters. The lowest BCUT2D eigenvalue weighted by Gasteiger charge is -2.29. The summed E-state index contributed by atoms with van der Waals surface area (Å²) in [4.78, 5) is 12.0. The Hall–Kier alpha value is -1.35. The van der Waals surface area contributed by atoms with Crippen LogP contribution in [0.3, 0.4) is 0 Å². The van der Waals surface area contributed by atoms with Crippen molar-refractivity contribution in [3.8, 4) is 0 Å². The highest BCUT2D eigenvalue weighted by atomic mass is 16.1. The molecule has 1 atom stereocenters. The van der Waals surface area contributed by atoms with Crippen LogP contribution in [0, 0.1) is 0 Å². The van der Waals surface area contributed by atoms with Crippen LogP contribution in [0.25, 0.3) is 0 Å². The number of amides is 1. The summed E-state index contributed by atoms with van der Waals surface area (Å²) in [6.07, 6.45) is 5.20. The average Bonchev–Trinajstić information content (AvgIpc) is 2.34. The van der Waals surface area contributed by atoms with Crippen LogP contribution in [0.5, 0.6) is 0 Å². The van der Waals surface area contributed by atoms with Gasteiger partial charge in [-0.3, -0.25) is 4.79 Å². The highest BCUT2D eigenvalue weighted by Crippen LogP contribution is 2.25. The van der Waals surface area contributed by atoms with Gasteiger partial charge in [0.2, 0.25) is 5.91 Å². The summed E-state index contributed by atoms with van der Waals surface area (Å²) in [6.45, 7) is 0.971. The van der Waals surface area contributed by atoms with Gasteiger partial charge in [0.25, 0.3) is 0 Å². The van der Waals surface area contributed by atoms with Gasteiger partial charge in [0.05, 0.1) is 0 Å². The number of rotatable bonds is 3. The van der Waals surface area contributed by atoms with Crippen LogP contribution in [-0.2, 0) is 11.2 Å². The molecular weight excluding hydrogens is 224 g/mol. The van der Waals surface area contributed by atoms with Crippen molar-refractivity contribution in [2.24, 2.45) is 0 Å². The van der Waals surface area contributed by atoms with E-state index in [2.05, 4.69) is 34.9 Å². The minimum atomic E-state index is 0.189. The molecule has 3 nitrogen and oxygen atoms in total. The van der Waals surface area contributed by atoms with Gasteiger partial charge in [-0.25, -0.2) is 0 Å². The molecule has 3 heteroatoms. The Balaban J connectivity index is 1.64. The fourth-order valence-corrected chi connectivity index (χ4v) is 2.80. The van der Waals surface area contributed by atoms with Crippen LogP contribution in [0.2, 0.25) is 0 Å². The SMILES string of the molecule is O=C(CC1NCCc2ccccc21)NC1CCC1. The smallest absolute Gasteiger partial charge is 0.222 e. The van der Waals surface area contributed by atoms with E-state index in [1.165, 1.54) is 17.5 Å². The molecule has 1 saturated carbocycles. The Labute approximate surface area is 108 Å². The van der Waals surface area contributed by atoms with Crippen LogP contribution in [0.1, 0.15) is 42.9 Å². The first-order chi connectivity index (χ1) is 8.83. The van der Waals surface area contributed by atoms with E-state index in [4.69, 9.17) is 0 Å². The summed E-state index contributed by atoms with van der Waals surface area (Å²) in [7, 11) is 0. The number of benzene rings is 1. The van der Waals surface area contributed by atoms with E-state index in [0.29, 0.717) is 12.5 Å². The molecule has 1 aromatic rings. The van der Waals surface area contributed by atoms with Crippen molar-refractivity contribution in [1.82, 2.24) is 10.6 Å². The quantitative estimate of drug-likeness (QED) is 0.853. The lowest BCUT2D eigenvalue weighted by molar-refractivity contribution is -0.122. The van der Waals surface area contributed by atoms with Gasteiger partial charge in [-0.15, -0.1) is 0 Å². The highest BCUT2D eigenvalue weighted by Gasteiger charge is 2.24. The van der Waals surface area contributed by atoms with E-state index in [1.807, 2.05) is 0 Å². The molecule has 1 aliphatic carbocycles. The predicted molar refractivity (Wildman–Crippen MR) is 71.3 cm³/mol. The maximum Gasteiger partial charge on any atom is 0.222 e. The van der Waals surface area contributed by atoms with Gasteiger partial charge >= 0.3 is 0 Å². The first kappa shape index (κ1) is 11.7. The molecule has 2 aliphatic rings. The van der Waals surface area contributed by atoms with Crippen molar-refractivity contribution < 1.29 is 4.79 Å². The third-order valence-corrected chi connectivity index (χ3v) is 4.08. The number of nitrogens with one attached hydrogen (secondary N) is 2. The topological polar surface area (TPSA) is 41.1 Å². The molecular formula is C15H20N2O. The molecule has 3 rings (SSSR count). The van der Waals surface area contributed by atoms with Gasteiger partial charge in [-0.05, 0) is 43.4 Å². The molecule has 2 N–H and O–H groups in total. The van der Waals surface area contributed by atoms with Crippen molar-refractivity contribution in [2.75, 3.05) is 6.54 Å². The van der Waals surface area contributed by atoms with Crippen LogP contribution < -0.4 is 10.6 Å². The Bertz CT molecular complexity index is 440. The molecule has 1 aromatic carbocycles. The van der Waals surface area contributed by atoms with Gasteiger partial charge in [0.1, 0.15) is 0 Å². The Morgan fingerprint density at radius 2 is 2.17 bits per heavy atom. The van der Waals surface area contributed by atoms with E-state index in [0.717, 1.165) is 25.8 Å². The molecule has 0 saturated heterocycles. The molecule has 0 aromatic heterocycles. The summed E-state index contributed by atoms with van der Waals surface area (Å²) in [5.41, 5.74) is 2.69. The molecule has 96 valence electrons. The Kier molecular flexibility index (Phi) is 3.33. The molecule has 0 spiro atoms. The maximum absolute atomic E-state index is 12.0. The molecule has 1 fully saturated rings. The average molecular weight is 244 g/mol. The van der Waals surface area contributed by atoms with Gasteiger partial charge in [-0.1, -0.05) is 24.3 Å². The Morgan fingerprint density at radius 1 is 1.33 bits per heavy atom. The number of carbonyl (C=O) groups is 1. The standard InChI is InChI=1S/C15H20N2O/c18-15(17-12-5-3-6-12)10-14-13-7-2-1-4-11(13)8-9-16-14/h1-2,4,7,12,14,16H,3,5-6,8-10H2,(H,17,18). The highest BCUT2D eigenvalue weighted by molar-refractivity contribution is 5.77. The van der Waals surface area contributed by atoms with E-state index < -0.39 is 0 Å². The van der Waals surface area contributed by atoms with Crippen molar-refractivity contribution >= 4 is 5.91 Å². The summed E-state index contributed by atoms with van der Waals surface area (Å²) < 4.78 is 0. The fraction of sp³-hybridized carbons (Fsp3) is 0.533. The fourth-order valence-electron chi connectivity index (χ4n) is 2.80. The van der Waals surface area contributed by atoms with Gasteiger partial charge in [0.15, 0.2) is 0 Å². The third-order valence-electron chi connectivity index (χ3n) is 4.08. The predicted octanol–water partition coefficient (Wildman–Crippen LogP) is 1.93. The zero-order chi connectivity index (χ0) is 12.4. The molecule has 0 radical (unpaired) electrons. The lowest BCUT2D eigenvalue weighted by Crippen LogP contribution is -2.42. The van der Waals surface area contributed by atoms with Crippen LogP contribution in [0.4, 0.5) is 0 Å². The molecule has 18 heavy (non-hydrogen) atoms. The minimum absolute atomic E-state index is 0.189. The van der Waals surface area contributed by atoms with Crippen LogP contribution >= 0.6 is 0 Å². The summed E-state index contributed by atoms with van der Waals surface area (Å²) in [6, 6.07) is 9.08. The lowest BCUT2D eigenvalue weighted by atomic mass is 9.91. The summed E-state index contributed by atoms with van der Waals surface area (Å²) >= 11 is 0. The van der Waals surface area contributed by atoms with Crippen LogP contribution in [-0.4, -0.2) is 18.5 Å². The summed E-state index contributed by atoms with van der Waals surface area (Å²) in [5.74, 6) is 0.189. The van der Waals surface area contributed by atoms with Gasteiger partial charge in [-0.2, -0.15) is 0 Å². The van der Waals surface area contributed by atoms with E-state index >= 15 is 0 Å². The molecule has 1 aliphatic heterocycles. The largest absolute Gasteiger partial charge is 0.353 e. The maximum atomic E-state index is 12.0. The Morgan fingerprint density at radius 3 is 2.94 bits per heavy atom. The molecule has 0 bridgehead atoms. The van der Waals surface area contributed by atoms with Gasteiger partial charge in [0, 0.05) is 18.5 Å². The number of hydrogen-bond donors (Lipinski definition) is 2. The van der Waals surface area contributed by atoms with Crippen molar-refractivity contribution in [2.45, 2.75) is 44.2 Å². The molecule has 1 amide bonds. The number of carbonyl (C=O) groups excluding carboxylic acids is 1. The third kappa shape index (κ3) is 2.41. The second-order valence-electron chi connectivity index (χ2n) is 5.35. The van der Waals surface area contributed by atoms with Gasteiger partial charge < -0.3 is 10.6 Å². The first-order valence-corrected chi connectivity index (χ1v) is 6.93. The first-order valence-electron chi connectivity index (χ1n) is 6.93. The zero-order valence-electron chi connectivity index (χ0n) is 10.6. The summed E-state index contributed by atoms with van der Waals surface area (Å²) in [5, 5.41) is 6.57. The van der Waals surface area contributed by atoms with Crippen molar-refractivity contribution in [3.05, 3.63) is 35.4 Å². The van der Waals surface area contributed by atoms with E-state index in [1.54, 1.807) is 0 Å². The van der Waals surface area contributed by atoms with Crippen molar-refractivity contribution in [1.29, 1.82) is 0 Å². The normalized spacial score (nSPS) is 23.0. The van der Waals surface area contributed by atoms with E-state index in [-0.39, 0.29) is 11.9 Å². The second-order valence-corrected chi connectivity index (χ2v) is 5.35. The zero-order valence-corrected chi connectivity index (χ0v) is 10.6.